The molecule has 0 saturated carbocycles. The molecule has 0 aromatic carbocycles. The summed E-state index contributed by atoms with van der Waals surface area (Å²) in [5.74, 6) is -0.190. The van der Waals surface area contributed by atoms with Gasteiger partial charge in [0.15, 0.2) is 0 Å². The van der Waals surface area contributed by atoms with Crippen molar-refractivity contribution in [1.82, 2.24) is 5.32 Å². The molecular weight excluding hydrogens is 178 g/mol. The SMILES string of the molecule is CC(O)CC(C)NC(=O)C(C)Cl. The predicted molar refractivity (Wildman–Crippen MR) is 49.2 cm³/mol. The van der Waals surface area contributed by atoms with Crippen LogP contribution in [0.25, 0.3) is 0 Å². The molecule has 72 valence electrons. The minimum atomic E-state index is -0.513. The van der Waals surface area contributed by atoms with Gasteiger partial charge in [0, 0.05) is 6.04 Å². The van der Waals surface area contributed by atoms with E-state index in [0.29, 0.717) is 6.42 Å². The van der Waals surface area contributed by atoms with E-state index in [-0.39, 0.29) is 11.9 Å². The van der Waals surface area contributed by atoms with Gasteiger partial charge in [-0.15, -0.1) is 11.6 Å². The van der Waals surface area contributed by atoms with E-state index in [1.165, 1.54) is 0 Å². The number of aliphatic hydroxyl groups is 1. The summed E-state index contributed by atoms with van der Waals surface area (Å²) in [6.45, 7) is 5.14. The highest BCUT2D eigenvalue weighted by atomic mass is 35.5. The molecule has 0 aromatic rings. The lowest BCUT2D eigenvalue weighted by Crippen LogP contribution is -2.38. The molecule has 0 aromatic heterocycles. The van der Waals surface area contributed by atoms with Gasteiger partial charge in [0.1, 0.15) is 5.38 Å². The molecule has 1 amide bonds. The summed E-state index contributed by atoms with van der Waals surface area (Å²) in [6.07, 6.45) is 0.154. The number of rotatable bonds is 4. The molecule has 0 rings (SSSR count). The molecule has 0 spiro atoms. The topological polar surface area (TPSA) is 49.3 Å². The quantitative estimate of drug-likeness (QED) is 0.652. The van der Waals surface area contributed by atoms with E-state index in [2.05, 4.69) is 5.32 Å². The standard InChI is InChI=1S/C8H16ClNO2/c1-5(4-6(2)11)10-8(12)7(3)9/h5-7,11H,4H2,1-3H3,(H,10,12). The van der Waals surface area contributed by atoms with Crippen molar-refractivity contribution in [3.8, 4) is 0 Å². The summed E-state index contributed by atoms with van der Waals surface area (Å²) in [4.78, 5) is 11.0. The minimum Gasteiger partial charge on any atom is -0.393 e. The largest absolute Gasteiger partial charge is 0.393 e. The molecule has 0 bridgehead atoms. The van der Waals surface area contributed by atoms with Crippen molar-refractivity contribution in [1.29, 1.82) is 0 Å². The molecule has 0 radical (unpaired) electrons. The fraction of sp³-hybridized carbons (Fsp3) is 0.875. The fourth-order valence-electron chi connectivity index (χ4n) is 0.928. The smallest absolute Gasteiger partial charge is 0.237 e. The zero-order valence-corrected chi connectivity index (χ0v) is 8.43. The van der Waals surface area contributed by atoms with Crippen LogP contribution in [0, 0.1) is 0 Å². The Labute approximate surface area is 78.1 Å². The van der Waals surface area contributed by atoms with Crippen LogP contribution >= 0.6 is 11.6 Å². The summed E-state index contributed by atoms with van der Waals surface area (Å²) >= 11 is 5.53. The second-order valence-electron chi connectivity index (χ2n) is 3.11. The molecule has 0 fully saturated rings. The number of amides is 1. The Hall–Kier alpha value is -0.280. The number of carbonyl (C=O) groups is 1. The van der Waals surface area contributed by atoms with Crippen molar-refractivity contribution in [3.05, 3.63) is 0 Å². The first-order chi connectivity index (χ1) is 5.43. The number of carbonyl (C=O) groups excluding carboxylic acids is 1. The lowest BCUT2D eigenvalue weighted by atomic mass is 10.1. The number of aliphatic hydroxyl groups excluding tert-OH is 1. The molecule has 0 aliphatic rings. The third-order valence-corrected chi connectivity index (χ3v) is 1.64. The second-order valence-corrected chi connectivity index (χ2v) is 3.77. The van der Waals surface area contributed by atoms with Gasteiger partial charge in [-0.3, -0.25) is 4.79 Å². The Bertz CT molecular complexity index is 148. The molecule has 0 heterocycles. The fourth-order valence-corrected chi connectivity index (χ4v) is 0.991. The van der Waals surface area contributed by atoms with E-state index in [4.69, 9.17) is 16.7 Å². The third kappa shape index (κ3) is 5.38. The van der Waals surface area contributed by atoms with Crippen molar-refractivity contribution >= 4 is 17.5 Å². The summed E-state index contributed by atoms with van der Waals surface area (Å²) in [5.41, 5.74) is 0. The summed E-state index contributed by atoms with van der Waals surface area (Å²) in [6, 6.07) is -0.0290. The van der Waals surface area contributed by atoms with E-state index >= 15 is 0 Å². The first-order valence-electron chi connectivity index (χ1n) is 4.06. The predicted octanol–water partition coefficient (Wildman–Crippen LogP) is 0.889. The van der Waals surface area contributed by atoms with Gasteiger partial charge in [0.05, 0.1) is 6.10 Å². The van der Waals surface area contributed by atoms with Crippen LogP contribution in [-0.4, -0.2) is 28.5 Å². The third-order valence-electron chi connectivity index (χ3n) is 1.44. The van der Waals surface area contributed by atoms with Crippen LogP contribution in [0.4, 0.5) is 0 Å². The molecule has 4 heteroatoms. The van der Waals surface area contributed by atoms with Crippen molar-refractivity contribution in [2.24, 2.45) is 0 Å². The van der Waals surface area contributed by atoms with E-state index in [1.807, 2.05) is 6.92 Å². The average molecular weight is 194 g/mol. The number of halogens is 1. The Kier molecular flexibility index (Phi) is 5.25. The van der Waals surface area contributed by atoms with Crippen LogP contribution in [0.2, 0.25) is 0 Å². The van der Waals surface area contributed by atoms with Crippen LogP contribution in [-0.2, 0) is 4.79 Å². The first kappa shape index (κ1) is 11.7. The number of nitrogens with one attached hydrogen (secondary N) is 1. The van der Waals surface area contributed by atoms with Crippen molar-refractivity contribution < 1.29 is 9.90 Å². The molecule has 3 nitrogen and oxygen atoms in total. The van der Waals surface area contributed by atoms with Gasteiger partial charge < -0.3 is 10.4 Å². The summed E-state index contributed by atoms with van der Waals surface area (Å²) < 4.78 is 0. The highest BCUT2D eigenvalue weighted by Crippen LogP contribution is 1.99. The van der Waals surface area contributed by atoms with Gasteiger partial charge in [0.2, 0.25) is 5.91 Å². The van der Waals surface area contributed by atoms with Crippen LogP contribution in [0.15, 0.2) is 0 Å². The number of alkyl halides is 1. The number of hydrogen-bond acceptors (Lipinski definition) is 2. The summed E-state index contributed by atoms with van der Waals surface area (Å²) in [7, 11) is 0. The van der Waals surface area contributed by atoms with Crippen molar-refractivity contribution in [3.63, 3.8) is 0 Å². The highest BCUT2D eigenvalue weighted by molar-refractivity contribution is 6.30. The highest BCUT2D eigenvalue weighted by Gasteiger charge is 2.13. The summed E-state index contributed by atoms with van der Waals surface area (Å²) in [5, 5.41) is 11.2. The average Bonchev–Trinajstić information content (AvgIpc) is 1.84. The molecule has 0 aliphatic heterocycles. The molecule has 3 atom stereocenters. The van der Waals surface area contributed by atoms with Crippen LogP contribution in [0.1, 0.15) is 27.2 Å². The normalized spacial score (nSPS) is 18.1. The maximum Gasteiger partial charge on any atom is 0.237 e. The van der Waals surface area contributed by atoms with Crippen molar-refractivity contribution in [2.45, 2.75) is 44.7 Å². The maximum atomic E-state index is 11.0. The Balaban J connectivity index is 3.69. The number of hydrogen-bond donors (Lipinski definition) is 2. The Morgan fingerprint density at radius 1 is 1.50 bits per heavy atom. The zero-order valence-electron chi connectivity index (χ0n) is 7.67. The zero-order chi connectivity index (χ0) is 9.72. The van der Waals surface area contributed by atoms with E-state index < -0.39 is 11.5 Å². The Morgan fingerprint density at radius 2 is 2.00 bits per heavy atom. The van der Waals surface area contributed by atoms with E-state index in [9.17, 15) is 4.79 Å². The lowest BCUT2D eigenvalue weighted by molar-refractivity contribution is -0.121. The van der Waals surface area contributed by atoms with Crippen LogP contribution in [0.5, 0.6) is 0 Å². The lowest BCUT2D eigenvalue weighted by Gasteiger charge is -2.15. The molecule has 0 aliphatic carbocycles. The van der Waals surface area contributed by atoms with Gasteiger partial charge in [-0.05, 0) is 27.2 Å². The van der Waals surface area contributed by atoms with Crippen LogP contribution < -0.4 is 5.32 Å². The van der Waals surface area contributed by atoms with Crippen molar-refractivity contribution in [2.75, 3.05) is 0 Å². The molecule has 3 unspecified atom stereocenters. The molecular formula is C8H16ClNO2. The minimum absolute atomic E-state index is 0.0290. The van der Waals surface area contributed by atoms with Gasteiger partial charge in [-0.2, -0.15) is 0 Å². The van der Waals surface area contributed by atoms with Gasteiger partial charge >= 0.3 is 0 Å². The van der Waals surface area contributed by atoms with E-state index in [1.54, 1.807) is 13.8 Å². The molecule has 12 heavy (non-hydrogen) atoms. The maximum absolute atomic E-state index is 11.0. The molecule has 0 saturated heterocycles. The molecule has 2 N–H and O–H groups in total. The van der Waals surface area contributed by atoms with Gasteiger partial charge in [-0.1, -0.05) is 0 Å². The van der Waals surface area contributed by atoms with Gasteiger partial charge in [0.25, 0.3) is 0 Å². The van der Waals surface area contributed by atoms with Crippen LogP contribution in [0.3, 0.4) is 0 Å². The monoisotopic (exact) mass is 193 g/mol. The van der Waals surface area contributed by atoms with Gasteiger partial charge in [-0.25, -0.2) is 0 Å². The second kappa shape index (κ2) is 5.38. The Morgan fingerprint density at radius 3 is 2.33 bits per heavy atom. The first-order valence-corrected chi connectivity index (χ1v) is 4.49. The van der Waals surface area contributed by atoms with E-state index in [0.717, 1.165) is 0 Å².